The molecule has 3 heteroatoms. The number of hydrogen-bond acceptors (Lipinski definition) is 1. The normalized spacial score (nSPS) is 11.5. The van der Waals surface area contributed by atoms with Gasteiger partial charge in [-0.05, 0) is 32.9 Å². The van der Waals surface area contributed by atoms with Crippen LogP contribution in [0.5, 0.6) is 5.75 Å². The van der Waals surface area contributed by atoms with E-state index >= 15 is 0 Å². The molecule has 0 N–H and O–H groups in total. The van der Waals surface area contributed by atoms with Gasteiger partial charge < -0.3 is 4.74 Å². The van der Waals surface area contributed by atoms with Crippen LogP contribution in [0.2, 0.25) is 0 Å². The van der Waals surface area contributed by atoms with E-state index in [2.05, 4.69) is 6.07 Å². The third-order valence-electron chi connectivity index (χ3n) is 1.27. The predicted octanol–water partition coefficient (Wildman–Crippen LogP) is 2.94. The van der Waals surface area contributed by atoms with E-state index in [-0.39, 0.29) is 5.75 Å². The van der Waals surface area contributed by atoms with Crippen molar-refractivity contribution >= 4 is 0 Å². The van der Waals surface area contributed by atoms with E-state index in [1.165, 1.54) is 12.1 Å². The van der Waals surface area contributed by atoms with Crippen molar-refractivity contribution < 1.29 is 13.5 Å². The standard InChI is InChI=1S/C10H11F2O/c1-10(2,3)13-8-6-4-5-7(11)9(8)12/h4,6H,1-3H3. The first-order chi connectivity index (χ1) is 5.90. The fourth-order valence-electron chi connectivity index (χ4n) is 0.844. The Morgan fingerprint density at radius 2 is 1.92 bits per heavy atom. The van der Waals surface area contributed by atoms with Crippen molar-refractivity contribution in [1.82, 2.24) is 0 Å². The third kappa shape index (κ3) is 2.68. The van der Waals surface area contributed by atoms with E-state index in [9.17, 15) is 8.78 Å². The van der Waals surface area contributed by atoms with E-state index in [1.54, 1.807) is 20.8 Å². The molecule has 71 valence electrons. The lowest BCUT2D eigenvalue weighted by Crippen LogP contribution is -2.23. The second-order valence-corrected chi connectivity index (χ2v) is 3.68. The lowest BCUT2D eigenvalue weighted by Gasteiger charge is -2.21. The molecule has 1 aromatic carbocycles. The highest BCUT2D eigenvalue weighted by atomic mass is 19.2. The van der Waals surface area contributed by atoms with E-state index in [1.807, 2.05) is 0 Å². The first-order valence-corrected chi connectivity index (χ1v) is 3.95. The van der Waals surface area contributed by atoms with Gasteiger partial charge in [-0.15, -0.1) is 0 Å². The van der Waals surface area contributed by atoms with Crippen LogP contribution >= 0.6 is 0 Å². The zero-order chi connectivity index (χ0) is 10.1. The lowest BCUT2D eigenvalue weighted by atomic mass is 10.2. The van der Waals surface area contributed by atoms with Gasteiger partial charge in [-0.3, -0.25) is 0 Å². The average molecular weight is 185 g/mol. The highest BCUT2D eigenvalue weighted by Gasteiger charge is 2.16. The summed E-state index contributed by atoms with van der Waals surface area (Å²) >= 11 is 0. The van der Waals surface area contributed by atoms with Crippen molar-refractivity contribution in [3.8, 4) is 5.75 Å². The van der Waals surface area contributed by atoms with Gasteiger partial charge in [0.1, 0.15) is 5.60 Å². The summed E-state index contributed by atoms with van der Waals surface area (Å²) in [6.45, 7) is 5.29. The summed E-state index contributed by atoms with van der Waals surface area (Å²) in [7, 11) is 0. The Balaban J connectivity index is 2.96. The summed E-state index contributed by atoms with van der Waals surface area (Å²) in [6, 6.07) is 4.75. The highest BCUT2D eigenvalue weighted by Crippen LogP contribution is 2.22. The van der Waals surface area contributed by atoms with Gasteiger partial charge in [0.2, 0.25) is 5.82 Å². The van der Waals surface area contributed by atoms with Gasteiger partial charge in [-0.25, -0.2) is 4.39 Å². The molecule has 0 aliphatic rings. The van der Waals surface area contributed by atoms with Crippen LogP contribution in [0.4, 0.5) is 8.78 Å². The Morgan fingerprint density at radius 3 is 2.46 bits per heavy atom. The molecule has 0 unspecified atom stereocenters. The Morgan fingerprint density at radius 1 is 1.31 bits per heavy atom. The number of ether oxygens (including phenoxy) is 1. The molecule has 0 saturated carbocycles. The second kappa shape index (κ2) is 3.32. The van der Waals surface area contributed by atoms with Crippen LogP contribution in [-0.4, -0.2) is 5.60 Å². The maximum Gasteiger partial charge on any atom is 0.201 e. The minimum Gasteiger partial charge on any atom is -0.485 e. The van der Waals surface area contributed by atoms with E-state index in [0.29, 0.717) is 0 Å². The summed E-state index contributed by atoms with van der Waals surface area (Å²) in [4.78, 5) is 0. The van der Waals surface area contributed by atoms with Crippen LogP contribution in [0.1, 0.15) is 20.8 Å². The van der Waals surface area contributed by atoms with Crippen LogP contribution in [0.15, 0.2) is 12.1 Å². The SMILES string of the molecule is CC(C)(C)Oc1cc[c]c(F)c1F. The van der Waals surface area contributed by atoms with Crippen molar-refractivity contribution in [2.45, 2.75) is 26.4 Å². The highest BCUT2D eigenvalue weighted by molar-refractivity contribution is 5.24. The van der Waals surface area contributed by atoms with Gasteiger partial charge in [0, 0.05) is 6.07 Å². The molecule has 0 aliphatic carbocycles. The smallest absolute Gasteiger partial charge is 0.201 e. The number of benzene rings is 1. The summed E-state index contributed by atoms with van der Waals surface area (Å²) < 4.78 is 30.8. The molecule has 0 saturated heterocycles. The molecule has 0 heterocycles. The van der Waals surface area contributed by atoms with E-state index in [4.69, 9.17) is 4.74 Å². The van der Waals surface area contributed by atoms with Gasteiger partial charge in [-0.1, -0.05) is 0 Å². The fraction of sp³-hybridized carbons (Fsp3) is 0.400. The second-order valence-electron chi connectivity index (χ2n) is 3.68. The van der Waals surface area contributed by atoms with Crippen LogP contribution < -0.4 is 4.74 Å². The summed E-state index contributed by atoms with van der Waals surface area (Å²) in [6.07, 6.45) is 0. The monoisotopic (exact) mass is 185 g/mol. The molecule has 1 radical (unpaired) electrons. The Bertz CT molecular complexity index is 302. The molecule has 0 fully saturated rings. The molecule has 0 amide bonds. The topological polar surface area (TPSA) is 9.23 Å². The zero-order valence-corrected chi connectivity index (χ0v) is 7.82. The quantitative estimate of drug-likeness (QED) is 0.653. The Kier molecular flexibility index (Phi) is 2.55. The van der Waals surface area contributed by atoms with Crippen molar-refractivity contribution in [3.63, 3.8) is 0 Å². The molecule has 13 heavy (non-hydrogen) atoms. The van der Waals surface area contributed by atoms with Crippen LogP contribution in [0.3, 0.4) is 0 Å². The van der Waals surface area contributed by atoms with Gasteiger partial charge >= 0.3 is 0 Å². The van der Waals surface area contributed by atoms with Crippen LogP contribution in [0, 0.1) is 17.7 Å². The summed E-state index contributed by atoms with van der Waals surface area (Å²) in [5.74, 6) is -2.08. The van der Waals surface area contributed by atoms with Crippen molar-refractivity contribution in [2.24, 2.45) is 0 Å². The minimum atomic E-state index is -1.01. The third-order valence-corrected chi connectivity index (χ3v) is 1.27. The van der Waals surface area contributed by atoms with Crippen LogP contribution in [-0.2, 0) is 0 Å². The molecular weight excluding hydrogens is 174 g/mol. The molecule has 0 bridgehead atoms. The summed E-state index contributed by atoms with van der Waals surface area (Å²) in [5, 5.41) is 0. The molecule has 1 nitrogen and oxygen atoms in total. The van der Waals surface area contributed by atoms with Gasteiger partial charge in [0.25, 0.3) is 0 Å². The molecule has 0 aromatic heterocycles. The molecule has 1 rings (SSSR count). The van der Waals surface area contributed by atoms with Gasteiger partial charge in [-0.2, -0.15) is 4.39 Å². The predicted molar refractivity (Wildman–Crippen MR) is 45.6 cm³/mol. The van der Waals surface area contributed by atoms with Crippen molar-refractivity contribution in [1.29, 1.82) is 0 Å². The molecule has 1 aromatic rings. The summed E-state index contributed by atoms with van der Waals surface area (Å²) in [5.41, 5.74) is -0.533. The maximum absolute atomic E-state index is 13.0. The largest absolute Gasteiger partial charge is 0.485 e. The zero-order valence-electron chi connectivity index (χ0n) is 7.82. The first-order valence-electron chi connectivity index (χ1n) is 3.95. The average Bonchev–Trinajstić information content (AvgIpc) is 1.96. The molecule has 0 spiro atoms. The first kappa shape index (κ1) is 9.96. The van der Waals surface area contributed by atoms with E-state index in [0.717, 1.165) is 0 Å². The Hall–Kier alpha value is -1.12. The van der Waals surface area contributed by atoms with Gasteiger partial charge in [0.15, 0.2) is 11.6 Å². The molecule has 0 aliphatic heterocycles. The molecule has 0 atom stereocenters. The number of halogens is 2. The number of rotatable bonds is 1. The number of hydrogen-bond donors (Lipinski definition) is 0. The van der Waals surface area contributed by atoms with E-state index < -0.39 is 17.2 Å². The minimum absolute atomic E-state index is 0.0799. The molecular formula is C10H11F2O. The van der Waals surface area contributed by atoms with Crippen LogP contribution in [0.25, 0.3) is 0 Å². The maximum atomic E-state index is 13.0. The fourth-order valence-corrected chi connectivity index (χ4v) is 0.844. The van der Waals surface area contributed by atoms with Gasteiger partial charge in [0.05, 0.1) is 0 Å². The Labute approximate surface area is 76.3 Å². The van der Waals surface area contributed by atoms with Crippen molar-refractivity contribution in [2.75, 3.05) is 0 Å². The van der Waals surface area contributed by atoms with Crippen molar-refractivity contribution in [3.05, 3.63) is 29.8 Å². The lowest BCUT2D eigenvalue weighted by molar-refractivity contribution is 0.123.